The largest absolute Gasteiger partial charge is 0.425 e. The molecule has 0 spiro atoms. The van der Waals surface area contributed by atoms with Crippen LogP contribution < -0.4 is 11.4 Å². The van der Waals surface area contributed by atoms with Crippen molar-refractivity contribution in [3.05, 3.63) is 45.0 Å². The van der Waals surface area contributed by atoms with Gasteiger partial charge < -0.3 is 10.9 Å². The van der Waals surface area contributed by atoms with Gasteiger partial charge in [0.05, 0.1) is 16.4 Å². The maximum atomic E-state index is 9.89. The lowest BCUT2D eigenvalue weighted by Crippen LogP contribution is -2.26. The Morgan fingerprint density at radius 2 is 2.29 bits per heavy atom. The van der Waals surface area contributed by atoms with Crippen LogP contribution in [0, 0.1) is 5.41 Å². The molecule has 0 unspecified atom stereocenters. The molecule has 1 aromatic carbocycles. The molecule has 21 heavy (non-hydrogen) atoms. The Morgan fingerprint density at radius 3 is 2.90 bits per heavy atom. The zero-order chi connectivity index (χ0) is 15.6. The van der Waals surface area contributed by atoms with Gasteiger partial charge in [-0.05, 0) is 29.6 Å². The molecule has 108 valence electrons. The summed E-state index contributed by atoms with van der Waals surface area (Å²) in [5, 5.41) is 21.2. The lowest BCUT2D eigenvalue weighted by atomic mass is 10.0. The van der Waals surface area contributed by atoms with E-state index in [1.807, 2.05) is 6.92 Å². The molecule has 0 saturated carbocycles. The Morgan fingerprint density at radius 1 is 1.57 bits per heavy atom. The highest BCUT2D eigenvalue weighted by molar-refractivity contribution is 6.33. The van der Waals surface area contributed by atoms with Crippen LogP contribution in [0.5, 0.6) is 0 Å². The van der Waals surface area contributed by atoms with Gasteiger partial charge in [-0.3, -0.25) is 5.41 Å². The Kier molecular flexibility index (Phi) is 4.02. The minimum Gasteiger partial charge on any atom is -0.425 e. The second kappa shape index (κ2) is 5.74. The summed E-state index contributed by atoms with van der Waals surface area (Å²) in [7, 11) is 0. The summed E-state index contributed by atoms with van der Waals surface area (Å²) in [6, 6.07) is 4.79. The van der Waals surface area contributed by atoms with Crippen LogP contribution in [0.3, 0.4) is 0 Å². The quantitative estimate of drug-likeness (QED) is 0.348. The molecular weight excluding hydrogens is 294 g/mol. The minimum absolute atomic E-state index is 0.108. The molecule has 0 aliphatic carbocycles. The number of rotatable bonds is 3. The van der Waals surface area contributed by atoms with E-state index in [4.69, 9.17) is 28.3 Å². The van der Waals surface area contributed by atoms with E-state index in [0.29, 0.717) is 33.0 Å². The lowest BCUT2D eigenvalue weighted by molar-refractivity contribution is 0.157. The first-order chi connectivity index (χ1) is 9.99. The summed E-state index contributed by atoms with van der Waals surface area (Å²) >= 11 is 5.94. The van der Waals surface area contributed by atoms with E-state index in [1.165, 1.54) is 0 Å². The molecule has 1 aromatic heterocycles. The molecule has 8 nitrogen and oxygen atoms in total. The number of nitrogens with one attached hydrogen (secondary N) is 1. The Labute approximate surface area is 124 Å². The molecule has 1 heterocycles. The van der Waals surface area contributed by atoms with Crippen molar-refractivity contribution >= 4 is 23.1 Å². The molecule has 0 saturated heterocycles. The fourth-order valence-corrected chi connectivity index (χ4v) is 2.19. The third-order valence-electron chi connectivity index (χ3n) is 2.95. The van der Waals surface area contributed by atoms with E-state index >= 15 is 0 Å². The van der Waals surface area contributed by atoms with Crippen LogP contribution in [0.25, 0.3) is 21.6 Å². The van der Waals surface area contributed by atoms with E-state index in [0.717, 1.165) is 0 Å². The molecule has 0 radical (unpaired) electrons. The standard InChI is InChI=1S/C12H12ClN7O/c1-2-9-10(11(14)17-12(15)20(9)21)6-3-4-7(13)8(5-6)18-19-16/h3-5,21H,2H2,1H3,(H3,14,15,17). The van der Waals surface area contributed by atoms with Gasteiger partial charge in [0.2, 0.25) is 0 Å². The van der Waals surface area contributed by atoms with Gasteiger partial charge >= 0.3 is 0 Å². The smallest absolute Gasteiger partial charge is 0.257 e. The zero-order valence-corrected chi connectivity index (χ0v) is 11.8. The second-order valence-electron chi connectivity index (χ2n) is 4.16. The Balaban J connectivity index is 2.78. The molecule has 0 fully saturated rings. The topological polar surface area (TPSA) is 137 Å². The number of nitrogens with two attached hydrogens (primary N) is 1. The highest BCUT2D eigenvalue weighted by Crippen LogP contribution is 2.34. The van der Waals surface area contributed by atoms with Crippen molar-refractivity contribution < 1.29 is 5.21 Å². The van der Waals surface area contributed by atoms with Gasteiger partial charge in [-0.2, -0.15) is 9.71 Å². The van der Waals surface area contributed by atoms with Crippen LogP contribution in [0.15, 0.2) is 23.3 Å². The Hall–Kier alpha value is -2.70. The van der Waals surface area contributed by atoms with Crippen LogP contribution in [0.4, 0.5) is 11.5 Å². The normalized spacial score (nSPS) is 10.2. The molecule has 9 heteroatoms. The van der Waals surface area contributed by atoms with Crippen LogP contribution in [0.2, 0.25) is 5.02 Å². The third kappa shape index (κ3) is 2.62. The number of nitrogen functional groups attached to an aromatic ring is 1. The van der Waals surface area contributed by atoms with Gasteiger partial charge in [-0.1, -0.05) is 29.7 Å². The molecule has 2 aromatic rings. The number of hydrogen-bond acceptors (Lipinski definition) is 5. The van der Waals surface area contributed by atoms with Crippen molar-refractivity contribution in [1.82, 2.24) is 9.71 Å². The van der Waals surface area contributed by atoms with Crippen molar-refractivity contribution in [3.8, 4) is 11.1 Å². The van der Waals surface area contributed by atoms with Crippen LogP contribution >= 0.6 is 11.6 Å². The molecule has 0 aliphatic heterocycles. The maximum Gasteiger partial charge on any atom is 0.257 e. The number of benzene rings is 1. The van der Waals surface area contributed by atoms with Crippen LogP contribution in [0.1, 0.15) is 12.6 Å². The summed E-state index contributed by atoms with van der Waals surface area (Å²) in [5.41, 5.74) is 15.8. The van der Waals surface area contributed by atoms with E-state index in [1.54, 1.807) is 18.2 Å². The molecule has 0 amide bonds. The van der Waals surface area contributed by atoms with Gasteiger partial charge in [-0.25, -0.2) is 0 Å². The second-order valence-corrected chi connectivity index (χ2v) is 4.57. The average molecular weight is 306 g/mol. The average Bonchev–Trinajstić information content (AvgIpc) is 2.45. The van der Waals surface area contributed by atoms with Crippen LogP contribution in [-0.2, 0) is 6.42 Å². The first kappa shape index (κ1) is 14.7. The molecule has 0 atom stereocenters. The minimum atomic E-state index is -0.350. The number of anilines is 1. The van der Waals surface area contributed by atoms with Crippen LogP contribution in [-0.4, -0.2) is 14.9 Å². The molecular formula is C12H12ClN7O. The number of hydrogen-bond donors (Lipinski definition) is 3. The fraction of sp³-hybridized carbons (Fsp3) is 0.167. The van der Waals surface area contributed by atoms with E-state index in [2.05, 4.69) is 15.0 Å². The summed E-state index contributed by atoms with van der Waals surface area (Å²) in [4.78, 5) is 6.48. The summed E-state index contributed by atoms with van der Waals surface area (Å²) in [6.45, 7) is 1.81. The molecule has 0 bridgehead atoms. The Bertz CT molecular complexity index is 808. The van der Waals surface area contributed by atoms with E-state index < -0.39 is 0 Å². The number of azide groups is 1. The van der Waals surface area contributed by atoms with Crippen molar-refractivity contribution in [1.29, 1.82) is 5.41 Å². The number of halogens is 1. The van der Waals surface area contributed by atoms with Gasteiger partial charge in [0.1, 0.15) is 5.82 Å². The maximum absolute atomic E-state index is 9.89. The van der Waals surface area contributed by atoms with Gasteiger partial charge in [0.15, 0.2) is 0 Å². The number of nitrogens with zero attached hydrogens (tertiary/aromatic N) is 5. The zero-order valence-electron chi connectivity index (χ0n) is 11.1. The molecule has 2 rings (SSSR count). The summed E-state index contributed by atoms with van der Waals surface area (Å²) in [5.74, 6) is 0.108. The third-order valence-corrected chi connectivity index (χ3v) is 3.27. The van der Waals surface area contributed by atoms with Crippen molar-refractivity contribution in [2.45, 2.75) is 13.3 Å². The SMILES string of the molecule is CCc1c(-c2ccc(Cl)c(N=[N+]=[N-])c2)c(N)nc(=N)n1O. The molecule has 4 N–H and O–H groups in total. The van der Waals surface area contributed by atoms with E-state index in [-0.39, 0.29) is 17.1 Å². The summed E-state index contributed by atoms with van der Waals surface area (Å²) < 4.78 is 0.674. The van der Waals surface area contributed by atoms with Gasteiger partial charge in [0, 0.05) is 10.5 Å². The van der Waals surface area contributed by atoms with Gasteiger partial charge in [-0.15, -0.1) is 0 Å². The molecule has 0 aliphatic rings. The number of aromatic nitrogens is 2. The highest BCUT2D eigenvalue weighted by Gasteiger charge is 2.15. The predicted octanol–water partition coefficient (Wildman–Crippen LogP) is 3.01. The summed E-state index contributed by atoms with van der Waals surface area (Å²) in [6.07, 6.45) is 0.434. The van der Waals surface area contributed by atoms with Gasteiger partial charge in [0.25, 0.3) is 5.62 Å². The van der Waals surface area contributed by atoms with Crippen molar-refractivity contribution in [2.75, 3.05) is 5.73 Å². The lowest BCUT2D eigenvalue weighted by Gasteiger charge is -2.14. The monoisotopic (exact) mass is 305 g/mol. The van der Waals surface area contributed by atoms with E-state index in [9.17, 15) is 5.21 Å². The van der Waals surface area contributed by atoms with Crippen molar-refractivity contribution in [3.63, 3.8) is 0 Å². The predicted molar refractivity (Wildman–Crippen MR) is 78.3 cm³/mol. The fourth-order valence-electron chi connectivity index (χ4n) is 2.03. The van der Waals surface area contributed by atoms with Crippen molar-refractivity contribution in [2.24, 2.45) is 5.11 Å². The first-order valence-electron chi connectivity index (χ1n) is 5.99. The highest BCUT2D eigenvalue weighted by atomic mass is 35.5. The first-order valence-corrected chi connectivity index (χ1v) is 6.37.